The van der Waals surface area contributed by atoms with Gasteiger partial charge in [-0.05, 0) is 43.7 Å². The lowest BCUT2D eigenvalue weighted by molar-refractivity contribution is -0.112. The van der Waals surface area contributed by atoms with Crippen LogP contribution in [-0.2, 0) is 4.79 Å². The normalized spacial score (nSPS) is 11.3. The third-order valence-electron chi connectivity index (χ3n) is 3.46. The van der Waals surface area contributed by atoms with Gasteiger partial charge in [0.15, 0.2) is 0 Å². The van der Waals surface area contributed by atoms with Gasteiger partial charge in [-0.25, -0.2) is 0 Å². The minimum Gasteiger partial charge on any atom is -0.512 e. The number of anilines is 2. The molecule has 128 valence electrons. The van der Waals surface area contributed by atoms with Crippen LogP contribution in [-0.4, -0.2) is 28.1 Å². The zero-order chi connectivity index (χ0) is 18.4. The molecule has 0 aliphatic rings. The first-order valence-corrected chi connectivity index (χ1v) is 7.46. The molecule has 0 saturated carbocycles. The number of aliphatic hydroxyl groups is 1. The van der Waals surface area contributed by atoms with Gasteiger partial charge in [-0.2, -0.15) is 0 Å². The van der Waals surface area contributed by atoms with Crippen molar-refractivity contribution in [3.8, 4) is 0 Å². The van der Waals surface area contributed by atoms with Crippen molar-refractivity contribution in [2.45, 2.75) is 13.8 Å². The number of benzene rings is 1. The molecule has 0 saturated heterocycles. The Kier molecular flexibility index (Phi) is 5.62. The standard InChI is InChI=1S/C18H18N4O3/c1-11-3-4-14(21-17(24)13-5-7-20-8-6-13)9-16(11)22-18(25)15(10-19)12(2)23/h3-10,19,23H,1-2H3,(H,21,24)(H,22,25)/b15-12+,19-10?. The summed E-state index contributed by atoms with van der Waals surface area (Å²) in [4.78, 5) is 28.2. The number of aliphatic hydroxyl groups excluding tert-OH is 1. The Morgan fingerprint density at radius 1 is 1.16 bits per heavy atom. The number of pyridine rings is 1. The van der Waals surface area contributed by atoms with Gasteiger partial charge in [0.25, 0.3) is 11.8 Å². The van der Waals surface area contributed by atoms with Crippen molar-refractivity contribution < 1.29 is 14.7 Å². The number of nitrogens with one attached hydrogen (secondary N) is 3. The summed E-state index contributed by atoms with van der Waals surface area (Å²) < 4.78 is 0. The van der Waals surface area contributed by atoms with Crippen LogP contribution in [0, 0.1) is 12.3 Å². The predicted octanol–water partition coefficient (Wildman–Crippen LogP) is 3.06. The van der Waals surface area contributed by atoms with Crippen LogP contribution in [0.25, 0.3) is 0 Å². The summed E-state index contributed by atoms with van der Waals surface area (Å²) in [5, 5.41) is 22.0. The molecule has 0 aliphatic heterocycles. The minimum absolute atomic E-state index is 0.134. The number of carbonyl (C=O) groups is 2. The van der Waals surface area contributed by atoms with Crippen LogP contribution in [0.1, 0.15) is 22.8 Å². The summed E-state index contributed by atoms with van der Waals surface area (Å²) in [6, 6.07) is 8.27. The molecule has 7 heteroatoms. The number of carbonyl (C=O) groups excluding carboxylic acids is 2. The van der Waals surface area contributed by atoms with Gasteiger partial charge in [0.05, 0.1) is 5.57 Å². The first-order valence-electron chi connectivity index (χ1n) is 7.46. The van der Waals surface area contributed by atoms with Gasteiger partial charge >= 0.3 is 0 Å². The molecule has 7 nitrogen and oxygen atoms in total. The molecule has 0 atom stereocenters. The summed E-state index contributed by atoms with van der Waals surface area (Å²) in [6.07, 6.45) is 3.84. The number of hydrogen-bond acceptors (Lipinski definition) is 5. The molecule has 25 heavy (non-hydrogen) atoms. The molecule has 4 N–H and O–H groups in total. The second kappa shape index (κ2) is 7.87. The monoisotopic (exact) mass is 338 g/mol. The van der Waals surface area contributed by atoms with Gasteiger partial charge in [-0.1, -0.05) is 6.07 Å². The van der Waals surface area contributed by atoms with Crippen LogP contribution in [0.15, 0.2) is 54.1 Å². The highest BCUT2D eigenvalue weighted by atomic mass is 16.3. The molecule has 2 aromatic rings. The number of amides is 2. The largest absolute Gasteiger partial charge is 0.512 e. The molecule has 1 aromatic heterocycles. The average Bonchev–Trinajstić information content (AvgIpc) is 2.59. The number of nitrogens with zero attached hydrogens (tertiary/aromatic N) is 1. The highest BCUT2D eigenvalue weighted by Gasteiger charge is 2.13. The molecular formula is C18H18N4O3. The van der Waals surface area contributed by atoms with Crippen molar-refractivity contribution in [3.63, 3.8) is 0 Å². The second-order valence-corrected chi connectivity index (χ2v) is 5.32. The van der Waals surface area contributed by atoms with E-state index in [1.807, 2.05) is 0 Å². The molecule has 2 rings (SSSR count). The van der Waals surface area contributed by atoms with Gasteiger partial charge in [0, 0.05) is 35.5 Å². The molecular weight excluding hydrogens is 320 g/mol. The van der Waals surface area contributed by atoms with Gasteiger partial charge in [0.1, 0.15) is 5.76 Å². The molecule has 0 bridgehead atoms. The molecule has 0 aliphatic carbocycles. The second-order valence-electron chi connectivity index (χ2n) is 5.32. The van der Waals surface area contributed by atoms with Crippen LogP contribution in [0.5, 0.6) is 0 Å². The smallest absolute Gasteiger partial charge is 0.260 e. The van der Waals surface area contributed by atoms with Gasteiger partial charge < -0.3 is 21.1 Å². The molecule has 0 unspecified atom stereocenters. The molecule has 1 aromatic carbocycles. The maximum atomic E-state index is 12.2. The fourth-order valence-electron chi connectivity index (χ4n) is 2.06. The third-order valence-corrected chi connectivity index (χ3v) is 3.46. The minimum atomic E-state index is -0.601. The molecule has 0 radical (unpaired) electrons. The molecule has 1 heterocycles. The number of hydrogen-bond donors (Lipinski definition) is 4. The summed E-state index contributed by atoms with van der Waals surface area (Å²) >= 11 is 0. The van der Waals surface area contributed by atoms with E-state index >= 15 is 0 Å². The highest BCUT2D eigenvalue weighted by molar-refractivity contribution is 6.17. The van der Waals surface area contributed by atoms with Gasteiger partial charge in [-0.15, -0.1) is 0 Å². The maximum absolute atomic E-state index is 12.2. The van der Waals surface area contributed by atoms with Crippen molar-refractivity contribution in [1.82, 2.24) is 4.98 Å². The Bertz CT molecular complexity index is 841. The SMILES string of the molecule is C/C(O)=C(/C=N)C(=O)Nc1cc(NC(=O)c2ccncc2)ccc1C. The number of aromatic nitrogens is 1. The van der Waals surface area contributed by atoms with Crippen LogP contribution in [0.3, 0.4) is 0 Å². The number of aryl methyl sites for hydroxylation is 1. The van der Waals surface area contributed by atoms with Crippen LogP contribution >= 0.6 is 0 Å². The fourth-order valence-corrected chi connectivity index (χ4v) is 2.06. The summed E-state index contributed by atoms with van der Waals surface area (Å²) in [5.41, 5.74) is 2.08. The van der Waals surface area contributed by atoms with Gasteiger partial charge in [0.2, 0.25) is 0 Å². The topological polar surface area (TPSA) is 115 Å². The van der Waals surface area contributed by atoms with Crippen LogP contribution in [0.2, 0.25) is 0 Å². The van der Waals surface area contributed by atoms with E-state index in [9.17, 15) is 14.7 Å². The predicted molar refractivity (Wildman–Crippen MR) is 96.1 cm³/mol. The summed E-state index contributed by atoms with van der Waals surface area (Å²) in [7, 11) is 0. The van der Waals surface area contributed by atoms with Crippen molar-refractivity contribution in [2.24, 2.45) is 0 Å². The third kappa shape index (κ3) is 4.51. The number of allylic oxidation sites excluding steroid dienone is 1. The van der Waals surface area contributed by atoms with Crippen molar-refractivity contribution >= 4 is 29.4 Å². The van der Waals surface area contributed by atoms with E-state index in [2.05, 4.69) is 15.6 Å². The summed E-state index contributed by atoms with van der Waals surface area (Å²) in [5.74, 6) is -1.14. The Balaban J connectivity index is 2.20. The average molecular weight is 338 g/mol. The first kappa shape index (κ1) is 17.9. The Morgan fingerprint density at radius 2 is 1.84 bits per heavy atom. The van der Waals surface area contributed by atoms with E-state index in [4.69, 9.17) is 5.41 Å². The molecule has 2 amide bonds. The van der Waals surface area contributed by atoms with E-state index in [0.717, 1.165) is 11.8 Å². The lowest BCUT2D eigenvalue weighted by Gasteiger charge is -2.12. The Labute approximate surface area is 144 Å². The van der Waals surface area contributed by atoms with E-state index in [-0.39, 0.29) is 17.2 Å². The van der Waals surface area contributed by atoms with Crippen LogP contribution in [0.4, 0.5) is 11.4 Å². The first-order chi connectivity index (χ1) is 11.9. The zero-order valence-corrected chi connectivity index (χ0v) is 13.8. The Hall–Kier alpha value is -3.48. The lowest BCUT2D eigenvalue weighted by atomic mass is 10.1. The van der Waals surface area contributed by atoms with Crippen LogP contribution < -0.4 is 10.6 Å². The van der Waals surface area contributed by atoms with E-state index in [1.165, 1.54) is 19.3 Å². The Morgan fingerprint density at radius 3 is 2.44 bits per heavy atom. The van der Waals surface area contributed by atoms with E-state index in [0.29, 0.717) is 16.9 Å². The van der Waals surface area contributed by atoms with E-state index in [1.54, 1.807) is 37.3 Å². The van der Waals surface area contributed by atoms with Gasteiger partial charge in [-0.3, -0.25) is 14.6 Å². The summed E-state index contributed by atoms with van der Waals surface area (Å²) in [6.45, 7) is 3.13. The fraction of sp³-hybridized carbons (Fsp3) is 0.111. The van der Waals surface area contributed by atoms with Crippen molar-refractivity contribution in [3.05, 3.63) is 65.2 Å². The quantitative estimate of drug-likeness (QED) is 0.381. The van der Waals surface area contributed by atoms with Crippen molar-refractivity contribution in [1.29, 1.82) is 5.41 Å². The van der Waals surface area contributed by atoms with Crippen molar-refractivity contribution in [2.75, 3.05) is 10.6 Å². The highest BCUT2D eigenvalue weighted by Crippen LogP contribution is 2.21. The molecule has 0 fully saturated rings. The maximum Gasteiger partial charge on any atom is 0.260 e. The zero-order valence-electron chi connectivity index (χ0n) is 13.8. The van der Waals surface area contributed by atoms with E-state index < -0.39 is 5.91 Å². The number of rotatable bonds is 5. The molecule has 0 spiro atoms. The lowest BCUT2D eigenvalue weighted by Crippen LogP contribution is -2.18.